The number of nitrogens with one attached hydrogen (secondary N) is 1. The van der Waals surface area contributed by atoms with Crippen molar-refractivity contribution in [2.75, 3.05) is 16.8 Å². The van der Waals surface area contributed by atoms with Gasteiger partial charge in [-0.15, -0.1) is 0 Å². The third-order valence-electron chi connectivity index (χ3n) is 4.73. The lowest BCUT2D eigenvalue weighted by atomic mass is 10.1. The fraction of sp³-hybridized carbons (Fsp3) is 0.238. The third kappa shape index (κ3) is 3.25. The van der Waals surface area contributed by atoms with Crippen molar-refractivity contribution in [1.82, 2.24) is 9.97 Å². The molecule has 2 heterocycles. The van der Waals surface area contributed by atoms with Crippen molar-refractivity contribution in [1.29, 1.82) is 0 Å². The van der Waals surface area contributed by atoms with Gasteiger partial charge in [0.25, 0.3) is 0 Å². The predicted molar refractivity (Wildman–Crippen MR) is 102 cm³/mol. The molecule has 1 atom stereocenters. The van der Waals surface area contributed by atoms with Crippen molar-refractivity contribution >= 4 is 17.5 Å². The molecular formula is C21H21FN4. The first-order valence-electron chi connectivity index (χ1n) is 8.90. The van der Waals surface area contributed by atoms with Crippen molar-refractivity contribution in [3.63, 3.8) is 0 Å². The Morgan fingerprint density at radius 1 is 1.12 bits per heavy atom. The van der Waals surface area contributed by atoms with E-state index in [-0.39, 0.29) is 5.82 Å². The lowest BCUT2D eigenvalue weighted by Crippen LogP contribution is -2.25. The summed E-state index contributed by atoms with van der Waals surface area (Å²) in [5.41, 5.74) is 3.24. The second kappa shape index (κ2) is 7.12. The molecule has 4 rings (SSSR count). The number of aromatic nitrogens is 2. The Morgan fingerprint density at radius 3 is 2.81 bits per heavy atom. The van der Waals surface area contributed by atoms with E-state index in [1.807, 2.05) is 12.1 Å². The standard InChI is InChI=1S/C21H21FN4/c1-15-14-17-7-3-5-9-19(17)26(15)20-11-13-24-21(25-20)23-12-10-16-6-2-4-8-18(16)22/h2-9,11,13,15H,10,12,14H2,1H3,(H,23,24,25). The summed E-state index contributed by atoms with van der Waals surface area (Å²) in [6.45, 7) is 2.78. The molecule has 0 fully saturated rings. The first-order chi connectivity index (χ1) is 12.7. The monoisotopic (exact) mass is 348 g/mol. The second-order valence-electron chi connectivity index (χ2n) is 6.56. The highest BCUT2D eigenvalue weighted by Gasteiger charge is 2.27. The van der Waals surface area contributed by atoms with Crippen LogP contribution in [0.5, 0.6) is 0 Å². The highest BCUT2D eigenvalue weighted by molar-refractivity contribution is 5.69. The molecule has 5 heteroatoms. The van der Waals surface area contributed by atoms with Gasteiger partial charge in [0.2, 0.25) is 5.95 Å². The van der Waals surface area contributed by atoms with Gasteiger partial charge in [-0.1, -0.05) is 36.4 Å². The van der Waals surface area contributed by atoms with Gasteiger partial charge < -0.3 is 10.2 Å². The van der Waals surface area contributed by atoms with Gasteiger partial charge in [0.15, 0.2) is 0 Å². The minimum Gasteiger partial charge on any atom is -0.354 e. The van der Waals surface area contributed by atoms with E-state index in [4.69, 9.17) is 0 Å². The predicted octanol–water partition coefficient (Wildman–Crippen LogP) is 4.35. The third-order valence-corrected chi connectivity index (χ3v) is 4.73. The summed E-state index contributed by atoms with van der Waals surface area (Å²) in [5.74, 6) is 1.27. The SMILES string of the molecule is CC1Cc2ccccc2N1c1ccnc(NCCc2ccccc2F)n1. The zero-order valence-corrected chi connectivity index (χ0v) is 14.7. The first kappa shape index (κ1) is 16.5. The molecule has 0 aliphatic carbocycles. The molecule has 0 saturated heterocycles. The molecule has 2 aromatic carbocycles. The van der Waals surface area contributed by atoms with Crippen molar-refractivity contribution in [3.8, 4) is 0 Å². The number of fused-ring (bicyclic) bond motifs is 1. The van der Waals surface area contributed by atoms with Gasteiger partial charge in [-0.2, -0.15) is 4.98 Å². The summed E-state index contributed by atoms with van der Waals surface area (Å²) in [6.07, 6.45) is 3.36. The fourth-order valence-electron chi connectivity index (χ4n) is 3.49. The van der Waals surface area contributed by atoms with Crippen molar-refractivity contribution in [3.05, 3.63) is 77.7 Å². The van der Waals surface area contributed by atoms with Crippen LogP contribution in [0, 0.1) is 5.82 Å². The molecule has 4 nitrogen and oxygen atoms in total. The summed E-state index contributed by atoms with van der Waals surface area (Å²) in [5, 5.41) is 3.21. The number of benzene rings is 2. The molecule has 1 aliphatic heterocycles. The minimum atomic E-state index is -0.175. The normalized spacial score (nSPS) is 15.8. The Balaban J connectivity index is 1.48. The zero-order valence-electron chi connectivity index (χ0n) is 14.7. The molecule has 0 saturated carbocycles. The second-order valence-corrected chi connectivity index (χ2v) is 6.56. The number of hydrogen-bond acceptors (Lipinski definition) is 4. The van der Waals surface area contributed by atoms with Crippen LogP contribution in [0.3, 0.4) is 0 Å². The Labute approximate surface area is 152 Å². The van der Waals surface area contributed by atoms with Crippen LogP contribution in [-0.4, -0.2) is 22.6 Å². The maximum Gasteiger partial charge on any atom is 0.224 e. The highest BCUT2D eigenvalue weighted by atomic mass is 19.1. The number of halogens is 1. The van der Waals surface area contributed by atoms with Crippen LogP contribution in [0.4, 0.5) is 21.8 Å². The van der Waals surface area contributed by atoms with Gasteiger partial charge in [-0.25, -0.2) is 9.37 Å². The van der Waals surface area contributed by atoms with E-state index in [0.717, 1.165) is 12.2 Å². The summed E-state index contributed by atoms with van der Waals surface area (Å²) >= 11 is 0. The van der Waals surface area contributed by atoms with E-state index >= 15 is 0 Å². The van der Waals surface area contributed by atoms with Gasteiger partial charge in [-0.3, -0.25) is 0 Å². The topological polar surface area (TPSA) is 41.1 Å². The Bertz CT molecular complexity index is 912. The highest BCUT2D eigenvalue weighted by Crippen LogP contribution is 2.37. The zero-order chi connectivity index (χ0) is 17.9. The average Bonchev–Trinajstić information content (AvgIpc) is 2.99. The Morgan fingerprint density at radius 2 is 1.92 bits per heavy atom. The average molecular weight is 348 g/mol. The summed E-state index contributed by atoms with van der Waals surface area (Å²) in [7, 11) is 0. The summed E-state index contributed by atoms with van der Waals surface area (Å²) < 4.78 is 13.7. The van der Waals surface area contributed by atoms with E-state index in [9.17, 15) is 4.39 Å². The van der Waals surface area contributed by atoms with E-state index in [0.29, 0.717) is 30.5 Å². The molecule has 0 spiro atoms. The van der Waals surface area contributed by atoms with Crippen LogP contribution < -0.4 is 10.2 Å². The number of nitrogens with zero attached hydrogens (tertiary/aromatic N) is 3. The van der Waals surface area contributed by atoms with Crippen molar-refractivity contribution < 1.29 is 4.39 Å². The van der Waals surface area contributed by atoms with Gasteiger partial charge in [0.05, 0.1) is 0 Å². The van der Waals surface area contributed by atoms with E-state index in [2.05, 4.69) is 51.4 Å². The molecule has 3 aromatic rings. The summed E-state index contributed by atoms with van der Waals surface area (Å²) in [4.78, 5) is 11.2. The van der Waals surface area contributed by atoms with Crippen molar-refractivity contribution in [2.45, 2.75) is 25.8 Å². The fourth-order valence-corrected chi connectivity index (χ4v) is 3.49. The number of para-hydroxylation sites is 1. The molecule has 0 amide bonds. The molecule has 1 aliphatic rings. The number of anilines is 3. The minimum absolute atomic E-state index is 0.175. The van der Waals surface area contributed by atoms with Crippen LogP contribution in [-0.2, 0) is 12.8 Å². The van der Waals surface area contributed by atoms with Gasteiger partial charge in [0.1, 0.15) is 11.6 Å². The number of hydrogen-bond donors (Lipinski definition) is 1. The molecule has 1 unspecified atom stereocenters. The van der Waals surface area contributed by atoms with Crippen LogP contribution in [0.1, 0.15) is 18.1 Å². The molecule has 132 valence electrons. The van der Waals surface area contributed by atoms with Gasteiger partial charge >= 0.3 is 0 Å². The largest absolute Gasteiger partial charge is 0.354 e. The van der Waals surface area contributed by atoms with Crippen molar-refractivity contribution in [2.24, 2.45) is 0 Å². The van der Waals surface area contributed by atoms with E-state index in [1.165, 1.54) is 17.3 Å². The summed E-state index contributed by atoms with van der Waals surface area (Å²) in [6, 6.07) is 17.6. The number of rotatable bonds is 5. The molecule has 26 heavy (non-hydrogen) atoms. The quantitative estimate of drug-likeness (QED) is 0.744. The molecule has 0 radical (unpaired) electrons. The molecule has 1 N–H and O–H groups in total. The maximum atomic E-state index is 13.7. The Kier molecular flexibility index (Phi) is 4.52. The van der Waals surface area contributed by atoms with Crippen LogP contribution >= 0.6 is 0 Å². The lowest BCUT2D eigenvalue weighted by Gasteiger charge is -2.24. The van der Waals surface area contributed by atoms with E-state index < -0.39 is 0 Å². The molecule has 0 bridgehead atoms. The lowest BCUT2D eigenvalue weighted by molar-refractivity contribution is 0.610. The van der Waals surface area contributed by atoms with Crippen LogP contribution in [0.2, 0.25) is 0 Å². The van der Waals surface area contributed by atoms with Crippen LogP contribution in [0.15, 0.2) is 60.8 Å². The molecule has 1 aromatic heterocycles. The maximum absolute atomic E-state index is 13.7. The Hall–Kier alpha value is -2.95. The van der Waals surface area contributed by atoms with E-state index in [1.54, 1.807) is 18.3 Å². The van der Waals surface area contributed by atoms with Gasteiger partial charge in [-0.05, 0) is 49.1 Å². The smallest absolute Gasteiger partial charge is 0.224 e. The molecular weight excluding hydrogens is 327 g/mol. The first-order valence-corrected chi connectivity index (χ1v) is 8.90. The van der Waals surface area contributed by atoms with Crippen LogP contribution in [0.25, 0.3) is 0 Å². The van der Waals surface area contributed by atoms with Gasteiger partial charge in [0, 0.05) is 24.5 Å².